The highest BCUT2D eigenvalue weighted by Gasteiger charge is 2.49. The number of nitrogens with two attached hydrogens (primary N) is 1. The summed E-state index contributed by atoms with van der Waals surface area (Å²) in [6.45, 7) is 1.78. The number of hydrogen-bond donors (Lipinski definition) is 2. The maximum Gasteiger partial charge on any atom is 0.273 e. The molecule has 3 N–H and O–H groups in total. The van der Waals surface area contributed by atoms with Crippen LogP contribution in [0.2, 0.25) is 0 Å². The van der Waals surface area contributed by atoms with E-state index in [1.165, 1.54) is 19.2 Å². The van der Waals surface area contributed by atoms with Gasteiger partial charge in [0.25, 0.3) is 5.91 Å². The number of carbonyl (C=O) groups excluding carboxylic acids is 1. The van der Waals surface area contributed by atoms with Gasteiger partial charge >= 0.3 is 0 Å². The molecule has 0 saturated carbocycles. The number of carbonyl (C=O) groups is 1. The molecule has 2 unspecified atom stereocenters. The lowest BCUT2D eigenvalue weighted by Crippen LogP contribution is -2.46. The first kappa shape index (κ1) is 27.5. The smallest absolute Gasteiger partial charge is 0.273 e. The summed E-state index contributed by atoms with van der Waals surface area (Å²) in [7, 11) is 2.81. The van der Waals surface area contributed by atoms with Crippen molar-refractivity contribution in [3.63, 3.8) is 0 Å². The second-order valence-electron chi connectivity index (χ2n) is 7.13. The normalized spacial score (nSPS) is 18.8. The zero-order valence-electron chi connectivity index (χ0n) is 18.8. The van der Waals surface area contributed by atoms with Crippen molar-refractivity contribution in [3.8, 4) is 0 Å². The van der Waals surface area contributed by atoms with Crippen molar-refractivity contribution in [3.05, 3.63) is 71.3 Å². The number of ether oxygens (including phenoxy) is 1. The summed E-state index contributed by atoms with van der Waals surface area (Å²) < 4.78 is 33.8. The van der Waals surface area contributed by atoms with E-state index in [0.717, 1.165) is 35.5 Å². The summed E-state index contributed by atoms with van der Waals surface area (Å²) in [6, 6.07) is 12.3. The number of guanidine groups is 1. The minimum absolute atomic E-state index is 0. The average molecular weight is 514 g/mol. The lowest BCUT2D eigenvalue weighted by atomic mass is 10.0. The minimum Gasteiger partial charge on any atom is -0.372 e. The van der Waals surface area contributed by atoms with Crippen LogP contribution in [0.3, 0.4) is 0 Å². The predicted molar refractivity (Wildman–Crippen MR) is 130 cm³/mol. The topological polar surface area (TPSA) is 102 Å². The molecule has 184 valence electrons. The first-order valence-electron chi connectivity index (χ1n) is 10.1. The van der Waals surface area contributed by atoms with Crippen molar-refractivity contribution >= 4 is 41.1 Å². The second-order valence-corrected chi connectivity index (χ2v) is 8.40. The van der Waals surface area contributed by atoms with Gasteiger partial charge in [0.1, 0.15) is 27.7 Å². The van der Waals surface area contributed by atoms with E-state index in [1.54, 1.807) is 6.92 Å². The summed E-state index contributed by atoms with van der Waals surface area (Å²) in [6.07, 6.45) is -0.558. The number of amides is 1. The SMILES string of the molecule is CONC(N)=NCCC1(c2ccccc2)SC(c2cc(F)ccc2F)=NN1C(=O)C(C)OC.Cl. The average Bonchev–Trinajstić information content (AvgIpc) is 3.20. The highest BCUT2D eigenvalue weighted by Crippen LogP contribution is 2.50. The monoisotopic (exact) mass is 513 g/mol. The number of hydroxylamine groups is 1. The number of hydrazone groups is 1. The van der Waals surface area contributed by atoms with E-state index in [4.69, 9.17) is 15.3 Å². The van der Waals surface area contributed by atoms with Gasteiger partial charge in [-0.05, 0) is 30.7 Å². The largest absolute Gasteiger partial charge is 0.372 e. The summed E-state index contributed by atoms with van der Waals surface area (Å²) in [5.74, 6) is -1.64. The van der Waals surface area contributed by atoms with E-state index in [1.807, 2.05) is 30.3 Å². The van der Waals surface area contributed by atoms with Crippen LogP contribution in [0.4, 0.5) is 8.78 Å². The molecule has 0 spiro atoms. The van der Waals surface area contributed by atoms with Crippen molar-refractivity contribution < 1.29 is 23.1 Å². The van der Waals surface area contributed by atoms with Gasteiger partial charge in [0.15, 0.2) is 0 Å². The van der Waals surface area contributed by atoms with Crippen molar-refractivity contribution in [2.75, 3.05) is 20.8 Å². The van der Waals surface area contributed by atoms with Gasteiger partial charge in [0.2, 0.25) is 5.96 Å². The number of benzene rings is 2. The number of halogens is 3. The zero-order valence-corrected chi connectivity index (χ0v) is 20.5. The van der Waals surface area contributed by atoms with Crippen molar-refractivity contribution in [2.45, 2.75) is 24.3 Å². The Labute approximate surface area is 206 Å². The molecule has 1 aliphatic rings. The molecule has 0 bridgehead atoms. The Hall–Kier alpha value is -2.73. The molecule has 1 amide bonds. The van der Waals surface area contributed by atoms with E-state index < -0.39 is 28.5 Å². The van der Waals surface area contributed by atoms with Gasteiger partial charge in [-0.15, -0.1) is 12.4 Å². The molecule has 8 nitrogen and oxygen atoms in total. The van der Waals surface area contributed by atoms with E-state index in [2.05, 4.69) is 15.6 Å². The highest BCUT2D eigenvalue weighted by atomic mass is 35.5. The van der Waals surface area contributed by atoms with Crippen molar-refractivity contribution in [1.82, 2.24) is 10.5 Å². The second kappa shape index (κ2) is 12.1. The van der Waals surface area contributed by atoms with Crippen LogP contribution >= 0.6 is 24.2 Å². The molecule has 2 atom stereocenters. The molecule has 2 aromatic rings. The number of thioether (sulfide) groups is 1. The van der Waals surface area contributed by atoms with Gasteiger partial charge in [-0.2, -0.15) is 5.10 Å². The lowest BCUT2D eigenvalue weighted by Gasteiger charge is -2.36. The van der Waals surface area contributed by atoms with Gasteiger partial charge in [-0.25, -0.2) is 19.3 Å². The van der Waals surface area contributed by atoms with Crippen LogP contribution in [-0.4, -0.2) is 48.8 Å². The molecular weight excluding hydrogens is 488 g/mol. The zero-order chi connectivity index (χ0) is 24.0. The molecule has 1 aliphatic heterocycles. The number of nitrogens with one attached hydrogen (secondary N) is 1. The summed E-state index contributed by atoms with van der Waals surface area (Å²) in [5, 5.41) is 5.89. The van der Waals surface area contributed by atoms with Crippen LogP contribution < -0.4 is 11.2 Å². The van der Waals surface area contributed by atoms with Crippen LogP contribution in [0.15, 0.2) is 58.6 Å². The number of aliphatic imine (C=N–C) groups is 1. The fourth-order valence-corrected chi connectivity index (χ4v) is 4.68. The Kier molecular flexibility index (Phi) is 9.80. The Balaban J connectivity index is 0.00000408. The minimum atomic E-state index is -1.10. The molecule has 0 fully saturated rings. The van der Waals surface area contributed by atoms with Crippen LogP contribution in [0.1, 0.15) is 24.5 Å². The fourth-order valence-electron chi connectivity index (χ4n) is 3.31. The molecule has 0 aliphatic carbocycles. The standard InChI is InChI=1S/C22H25F2N5O3S.ClH/c1-14(31-2)20(30)29-22(15-7-5-4-6-8-15,11-12-26-21(25)28-32-3)33-19(27-29)17-13-16(23)9-10-18(17)24;/h4-10,13-14H,11-12H2,1-3H3,(H3,25,26,28);1H. The Morgan fingerprint density at radius 3 is 2.62 bits per heavy atom. The van der Waals surface area contributed by atoms with E-state index in [0.29, 0.717) is 0 Å². The molecule has 0 aromatic heterocycles. The Morgan fingerprint density at radius 1 is 1.26 bits per heavy atom. The quantitative estimate of drug-likeness (QED) is 0.319. The van der Waals surface area contributed by atoms with Gasteiger partial charge in [0.05, 0.1) is 7.11 Å². The molecular formula is C22H26ClF2N5O3S. The molecule has 2 aromatic carbocycles. The number of rotatable bonds is 8. The number of methoxy groups -OCH3 is 1. The van der Waals surface area contributed by atoms with Crippen LogP contribution in [0.25, 0.3) is 0 Å². The van der Waals surface area contributed by atoms with Crippen LogP contribution in [0, 0.1) is 11.6 Å². The Bertz CT molecular complexity index is 1060. The van der Waals surface area contributed by atoms with Gasteiger partial charge < -0.3 is 10.5 Å². The van der Waals surface area contributed by atoms with Gasteiger partial charge in [-0.1, -0.05) is 42.1 Å². The van der Waals surface area contributed by atoms with Crippen molar-refractivity contribution in [2.24, 2.45) is 15.8 Å². The first-order valence-corrected chi connectivity index (χ1v) is 10.9. The van der Waals surface area contributed by atoms with Crippen molar-refractivity contribution in [1.29, 1.82) is 0 Å². The Morgan fingerprint density at radius 2 is 1.97 bits per heavy atom. The van der Waals surface area contributed by atoms with Crippen LogP contribution in [-0.2, 0) is 19.2 Å². The third kappa shape index (κ3) is 5.84. The van der Waals surface area contributed by atoms with E-state index in [-0.39, 0.29) is 41.9 Å². The molecule has 34 heavy (non-hydrogen) atoms. The van der Waals surface area contributed by atoms with Crippen LogP contribution in [0.5, 0.6) is 0 Å². The lowest BCUT2D eigenvalue weighted by molar-refractivity contribution is -0.144. The maximum absolute atomic E-state index is 14.6. The molecule has 3 rings (SSSR count). The third-order valence-electron chi connectivity index (χ3n) is 5.03. The summed E-state index contributed by atoms with van der Waals surface area (Å²) in [5.41, 5.74) is 8.88. The predicted octanol–water partition coefficient (Wildman–Crippen LogP) is 3.37. The number of nitrogens with zero attached hydrogens (tertiary/aromatic N) is 3. The van der Waals surface area contributed by atoms with E-state index >= 15 is 0 Å². The maximum atomic E-state index is 14.6. The first-order chi connectivity index (χ1) is 15.8. The highest BCUT2D eigenvalue weighted by molar-refractivity contribution is 8.15. The summed E-state index contributed by atoms with van der Waals surface area (Å²) in [4.78, 5) is 21.2. The number of hydrogen-bond acceptors (Lipinski definition) is 6. The third-order valence-corrected chi connectivity index (χ3v) is 6.48. The summed E-state index contributed by atoms with van der Waals surface area (Å²) >= 11 is 1.15. The van der Waals surface area contributed by atoms with Gasteiger partial charge in [-0.3, -0.25) is 14.6 Å². The molecule has 0 radical (unpaired) electrons. The molecule has 12 heteroatoms. The molecule has 0 saturated heterocycles. The van der Waals surface area contributed by atoms with E-state index in [9.17, 15) is 13.6 Å². The fraction of sp³-hybridized carbons (Fsp3) is 0.318. The van der Waals surface area contributed by atoms with Gasteiger partial charge in [0, 0.05) is 25.6 Å². The molecule has 1 heterocycles.